The summed E-state index contributed by atoms with van der Waals surface area (Å²) in [6.07, 6.45) is 0. The summed E-state index contributed by atoms with van der Waals surface area (Å²) >= 11 is 8.43. The number of anilines is 1. The first-order valence-electron chi connectivity index (χ1n) is 4.31. The number of nitrogen functional groups attached to an aromatic ring is 1. The van der Waals surface area contributed by atoms with Crippen LogP contribution in [0.4, 0.5) is 10.1 Å². The Morgan fingerprint density at radius 2 is 2.31 bits per heavy atom. The molecule has 0 radical (unpaired) electrons. The number of halogens is 2. The molecule has 0 atom stereocenters. The first-order valence-corrected chi connectivity index (χ1v) is 6.45. The number of nitrogens with two attached hydrogens (primary N) is 1. The minimum Gasteiger partial charge on any atom is -0.396 e. The number of rotatable bonds is 3. The second-order valence-corrected chi connectivity index (χ2v) is 5.37. The summed E-state index contributed by atoms with van der Waals surface area (Å²) in [4.78, 5) is 0.788. The van der Waals surface area contributed by atoms with Crippen LogP contribution >= 0.6 is 34.9 Å². The first-order chi connectivity index (χ1) is 7.66. The fourth-order valence-electron chi connectivity index (χ4n) is 1.03. The molecule has 1 aromatic carbocycles. The molecule has 0 spiro atoms. The molecule has 0 unspecified atom stereocenters. The van der Waals surface area contributed by atoms with Gasteiger partial charge in [0.05, 0.1) is 5.69 Å². The second-order valence-electron chi connectivity index (χ2n) is 2.97. The van der Waals surface area contributed by atoms with Crippen molar-refractivity contribution in [3.8, 4) is 0 Å². The minimum absolute atomic E-state index is 0.151. The Balaban J connectivity index is 2.05. The maximum Gasteiger partial charge on any atom is 0.147 e. The van der Waals surface area contributed by atoms with Crippen LogP contribution in [-0.2, 0) is 5.75 Å². The van der Waals surface area contributed by atoms with E-state index >= 15 is 0 Å². The third kappa shape index (κ3) is 2.63. The maximum absolute atomic E-state index is 13.1. The van der Waals surface area contributed by atoms with E-state index in [1.165, 1.54) is 17.8 Å². The van der Waals surface area contributed by atoms with Crippen molar-refractivity contribution in [1.82, 2.24) is 9.59 Å². The van der Waals surface area contributed by atoms with Crippen LogP contribution < -0.4 is 5.73 Å². The summed E-state index contributed by atoms with van der Waals surface area (Å²) in [6.45, 7) is 0. The zero-order valence-electron chi connectivity index (χ0n) is 7.98. The first kappa shape index (κ1) is 11.6. The Hall–Kier alpha value is -0.850. The van der Waals surface area contributed by atoms with E-state index in [-0.39, 0.29) is 5.69 Å². The molecule has 0 amide bonds. The van der Waals surface area contributed by atoms with Gasteiger partial charge in [0.15, 0.2) is 0 Å². The number of nitrogens with zero attached hydrogens (tertiary/aromatic N) is 2. The molecule has 1 heterocycles. The van der Waals surface area contributed by atoms with Gasteiger partial charge in [0, 0.05) is 22.2 Å². The zero-order valence-corrected chi connectivity index (χ0v) is 10.4. The van der Waals surface area contributed by atoms with E-state index in [0.717, 1.165) is 16.4 Å². The third-order valence-electron chi connectivity index (χ3n) is 1.86. The van der Waals surface area contributed by atoms with Gasteiger partial charge in [-0.25, -0.2) is 4.39 Å². The fourth-order valence-corrected chi connectivity index (χ4v) is 2.69. The molecule has 84 valence electrons. The van der Waals surface area contributed by atoms with Gasteiger partial charge in [0.1, 0.15) is 15.8 Å². The molecule has 1 aromatic heterocycles. The molecule has 3 nitrogen and oxygen atoms in total. The fraction of sp³-hybridized carbons (Fsp3) is 0.111. The summed E-state index contributed by atoms with van der Waals surface area (Å²) in [7, 11) is 0. The van der Waals surface area contributed by atoms with Crippen molar-refractivity contribution in [2.45, 2.75) is 10.6 Å². The van der Waals surface area contributed by atoms with Crippen LogP contribution in [0.15, 0.2) is 23.1 Å². The Labute approximate surface area is 105 Å². The van der Waals surface area contributed by atoms with Gasteiger partial charge >= 0.3 is 0 Å². The Bertz CT molecular complexity index is 503. The SMILES string of the molecule is Nc1ccc(SCc2nnsc2Cl)cc1F. The lowest BCUT2D eigenvalue weighted by molar-refractivity contribution is 0.629. The van der Waals surface area contributed by atoms with Gasteiger partial charge in [-0.3, -0.25) is 0 Å². The van der Waals surface area contributed by atoms with E-state index in [2.05, 4.69) is 9.59 Å². The predicted molar refractivity (Wildman–Crippen MR) is 65.3 cm³/mol. The highest BCUT2D eigenvalue weighted by Gasteiger charge is 2.07. The number of thioether (sulfide) groups is 1. The highest BCUT2D eigenvalue weighted by Crippen LogP contribution is 2.28. The quantitative estimate of drug-likeness (QED) is 0.690. The van der Waals surface area contributed by atoms with E-state index in [1.807, 2.05) is 0 Å². The highest BCUT2D eigenvalue weighted by atomic mass is 35.5. The van der Waals surface area contributed by atoms with Gasteiger partial charge < -0.3 is 5.73 Å². The van der Waals surface area contributed by atoms with Gasteiger partial charge in [-0.1, -0.05) is 16.1 Å². The van der Waals surface area contributed by atoms with Gasteiger partial charge in [0.2, 0.25) is 0 Å². The van der Waals surface area contributed by atoms with Gasteiger partial charge in [0.25, 0.3) is 0 Å². The number of hydrogen-bond acceptors (Lipinski definition) is 5. The number of hydrogen-bond donors (Lipinski definition) is 1. The molecule has 0 saturated heterocycles. The molecule has 0 aliphatic carbocycles. The van der Waals surface area contributed by atoms with Crippen molar-refractivity contribution in [1.29, 1.82) is 0 Å². The Morgan fingerprint density at radius 3 is 2.94 bits per heavy atom. The molecule has 16 heavy (non-hydrogen) atoms. The molecule has 2 aromatic rings. The molecule has 0 aliphatic rings. The minimum atomic E-state index is -0.410. The van der Waals surface area contributed by atoms with Gasteiger partial charge in [-0.15, -0.1) is 16.9 Å². The van der Waals surface area contributed by atoms with Crippen molar-refractivity contribution in [3.63, 3.8) is 0 Å². The standard InChI is InChI=1S/C9H7ClFN3S2/c10-9-8(13-14-16-9)4-15-5-1-2-7(12)6(11)3-5/h1-3H,4,12H2. The molecule has 0 fully saturated rings. The van der Waals surface area contributed by atoms with Crippen LogP contribution in [0, 0.1) is 5.82 Å². The van der Waals surface area contributed by atoms with Crippen molar-refractivity contribution in [3.05, 3.63) is 34.0 Å². The molecular formula is C9H7ClFN3S2. The van der Waals surface area contributed by atoms with Crippen molar-refractivity contribution in [2.24, 2.45) is 0 Å². The topological polar surface area (TPSA) is 51.8 Å². The molecule has 0 aliphatic heterocycles. The van der Waals surface area contributed by atoms with Gasteiger partial charge in [-0.2, -0.15) is 0 Å². The maximum atomic E-state index is 13.1. The smallest absolute Gasteiger partial charge is 0.147 e. The van der Waals surface area contributed by atoms with Crippen LogP contribution in [0.5, 0.6) is 0 Å². The summed E-state index contributed by atoms with van der Waals surface area (Å²) in [5.41, 5.74) is 6.24. The summed E-state index contributed by atoms with van der Waals surface area (Å²) in [5, 5.41) is 3.87. The highest BCUT2D eigenvalue weighted by molar-refractivity contribution is 7.98. The van der Waals surface area contributed by atoms with E-state index in [4.69, 9.17) is 17.3 Å². The lowest BCUT2D eigenvalue weighted by atomic mass is 10.3. The molecule has 7 heteroatoms. The number of benzene rings is 1. The van der Waals surface area contributed by atoms with E-state index < -0.39 is 5.82 Å². The average Bonchev–Trinajstić information content (AvgIpc) is 2.66. The lowest BCUT2D eigenvalue weighted by Crippen LogP contribution is -1.90. The number of aromatic nitrogens is 2. The predicted octanol–water partition coefficient (Wildman–Crippen LogP) is 3.21. The van der Waals surface area contributed by atoms with Crippen LogP contribution in [0.25, 0.3) is 0 Å². The van der Waals surface area contributed by atoms with E-state index in [0.29, 0.717) is 15.8 Å². The van der Waals surface area contributed by atoms with Crippen molar-refractivity contribution >= 4 is 40.6 Å². The summed E-state index contributed by atoms with van der Waals surface area (Å²) in [6, 6.07) is 4.70. The summed E-state index contributed by atoms with van der Waals surface area (Å²) < 4.78 is 17.4. The average molecular weight is 276 g/mol. The Kier molecular flexibility index (Phi) is 3.63. The van der Waals surface area contributed by atoms with Crippen LogP contribution in [0.1, 0.15) is 5.69 Å². The van der Waals surface area contributed by atoms with Crippen LogP contribution in [-0.4, -0.2) is 9.59 Å². The van der Waals surface area contributed by atoms with Crippen molar-refractivity contribution < 1.29 is 4.39 Å². The molecule has 0 bridgehead atoms. The third-order valence-corrected chi connectivity index (χ3v) is 3.85. The van der Waals surface area contributed by atoms with Crippen molar-refractivity contribution in [2.75, 3.05) is 5.73 Å². The summed E-state index contributed by atoms with van der Waals surface area (Å²) in [5.74, 6) is 0.158. The lowest BCUT2D eigenvalue weighted by Gasteiger charge is -2.01. The molecule has 2 N–H and O–H groups in total. The second kappa shape index (κ2) is 4.99. The normalized spacial score (nSPS) is 10.6. The monoisotopic (exact) mass is 275 g/mol. The largest absolute Gasteiger partial charge is 0.396 e. The molecule has 0 saturated carbocycles. The van der Waals surface area contributed by atoms with Gasteiger partial charge in [-0.05, 0) is 18.2 Å². The van der Waals surface area contributed by atoms with E-state index in [1.54, 1.807) is 12.1 Å². The molecular weight excluding hydrogens is 269 g/mol. The molecule has 2 rings (SSSR count). The van der Waals surface area contributed by atoms with Crippen LogP contribution in [0.3, 0.4) is 0 Å². The Morgan fingerprint density at radius 1 is 1.50 bits per heavy atom. The zero-order chi connectivity index (χ0) is 11.5. The van der Waals surface area contributed by atoms with E-state index in [9.17, 15) is 4.39 Å². The van der Waals surface area contributed by atoms with Crippen LogP contribution in [0.2, 0.25) is 4.34 Å².